The monoisotopic (exact) mass is 206 g/mol. The third-order valence-corrected chi connectivity index (χ3v) is 2.61. The lowest BCUT2D eigenvalue weighted by Gasteiger charge is -2.25. The summed E-state index contributed by atoms with van der Waals surface area (Å²) < 4.78 is 0. The topological polar surface area (TPSA) is 59.0 Å². The summed E-state index contributed by atoms with van der Waals surface area (Å²) in [6.07, 6.45) is 1.56. The number of ketones is 1. The lowest BCUT2D eigenvalue weighted by molar-refractivity contribution is -0.118. The Hall–Kier alpha value is -1.52. The van der Waals surface area contributed by atoms with E-state index in [1.54, 1.807) is 0 Å². The Kier molecular flexibility index (Phi) is 2.62. The molecule has 2 rings (SSSR count). The van der Waals surface area contributed by atoms with Crippen LogP contribution in [0.15, 0.2) is 0 Å². The molecule has 15 heavy (non-hydrogen) atoms. The minimum atomic E-state index is 0.253. The standard InChI is InChI=1S/C10H14N4O/c1-7-8(2)12-13-10(11-7)14-5-3-4-9(15)6-14/h3-6H2,1-2H3. The van der Waals surface area contributed by atoms with Gasteiger partial charge in [-0.3, -0.25) is 4.79 Å². The molecule has 0 bridgehead atoms. The zero-order chi connectivity index (χ0) is 10.8. The first kappa shape index (κ1) is 10.0. The molecule has 1 aliphatic rings. The van der Waals surface area contributed by atoms with Gasteiger partial charge < -0.3 is 4.90 Å². The van der Waals surface area contributed by atoms with Crippen molar-refractivity contribution in [1.29, 1.82) is 0 Å². The molecule has 1 fully saturated rings. The molecule has 0 saturated carbocycles. The maximum atomic E-state index is 11.3. The van der Waals surface area contributed by atoms with E-state index in [1.807, 2.05) is 18.7 Å². The Bertz CT molecular complexity index is 391. The third kappa shape index (κ3) is 2.11. The summed E-state index contributed by atoms with van der Waals surface area (Å²) in [5.74, 6) is 0.828. The molecule has 1 saturated heterocycles. The van der Waals surface area contributed by atoms with Gasteiger partial charge in [-0.1, -0.05) is 0 Å². The van der Waals surface area contributed by atoms with Crippen LogP contribution in [0.3, 0.4) is 0 Å². The van der Waals surface area contributed by atoms with Gasteiger partial charge in [0.25, 0.3) is 0 Å². The number of Topliss-reactive ketones (excluding diaryl/α,β-unsaturated/α-hetero) is 1. The summed E-state index contributed by atoms with van der Waals surface area (Å²) in [6, 6.07) is 0. The summed E-state index contributed by atoms with van der Waals surface area (Å²) in [4.78, 5) is 17.5. The summed E-state index contributed by atoms with van der Waals surface area (Å²) in [7, 11) is 0. The molecule has 0 atom stereocenters. The highest BCUT2D eigenvalue weighted by Gasteiger charge is 2.19. The lowest BCUT2D eigenvalue weighted by atomic mass is 10.1. The number of aryl methyl sites for hydroxylation is 2. The van der Waals surface area contributed by atoms with Crippen molar-refractivity contribution in [2.24, 2.45) is 0 Å². The van der Waals surface area contributed by atoms with Crippen molar-refractivity contribution in [3.8, 4) is 0 Å². The van der Waals surface area contributed by atoms with E-state index < -0.39 is 0 Å². The largest absolute Gasteiger partial charge is 0.332 e. The Labute approximate surface area is 88.5 Å². The van der Waals surface area contributed by atoms with Crippen LogP contribution < -0.4 is 4.90 Å². The predicted octanol–water partition coefficient (Wildman–Crippen LogP) is 0.658. The zero-order valence-electron chi connectivity index (χ0n) is 9.03. The molecule has 5 nitrogen and oxygen atoms in total. The maximum Gasteiger partial charge on any atom is 0.245 e. The molecule has 0 spiro atoms. The number of nitrogens with zero attached hydrogens (tertiary/aromatic N) is 4. The summed E-state index contributed by atoms with van der Waals surface area (Å²) in [6.45, 7) is 5.04. The number of piperidine rings is 1. The quantitative estimate of drug-likeness (QED) is 0.675. The van der Waals surface area contributed by atoms with Crippen molar-refractivity contribution < 1.29 is 4.79 Å². The second-order valence-electron chi connectivity index (χ2n) is 3.85. The van der Waals surface area contributed by atoms with E-state index in [1.165, 1.54) is 0 Å². The Morgan fingerprint density at radius 2 is 2.00 bits per heavy atom. The van der Waals surface area contributed by atoms with Crippen molar-refractivity contribution in [3.63, 3.8) is 0 Å². The number of hydrogen-bond acceptors (Lipinski definition) is 5. The van der Waals surface area contributed by atoms with Gasteiger partial charge in [0.05, 0.1) is 17.9 Å². The molecule has 0 aromatic carbocycles. The summed E-state index contributed by atoms with van der Waals surface area (Å²) >= 11 is 0. The van der Waals surface area contributed by atoms with Gasteiger partial charge in [0.1, 0.15) is 0 Å². The molecular weight excluding hydrogens is 192 g/mol. The predicted molar refractivity (Wildman–Crippen MR) is 55.8 cm³/mol. The van der Waals surface area contributed by atoms with Crippen LogP contribution in [-0.4, -0.2) is 34.1 Å². The van der Waals surface area contributed by atoms with Crippen molar-refractivity contribution in [2.75, 3.05) is 18.0 Å². The molecule has 0 unspecified atom stereocenters. The highest BCUT2D eigenvalue weighted by atomic mass is 16.1. The van der Waals surface area contributed by atoms with E-state index in [0.29, 0.717) is 18.9 Å². The minimum absolute atomic E-state index is 0.253. The number of carbonyl (C=O) groups excluding carboxylic acids is 1. The number of carbonyl (C=O) groups is 1. The molecule has 1 aromatic heterocycles. The maximum absolute atomic E-state index is 11.3. The molecule has 2 heterocycles. The third-order valence-electron chi connectivity index (χ3n) is 2.61. The molecule has 0 amide bonds. The molecular formula is C10H14N4O. The van der Waals surface area contributed by atoms with Crippen molar-refractivity contribution in [3.05, 3.63) is 11.4 Å². The first-order chi connectivity index (χ1) is 7.16. The average Bonchev–Trinajstić information content (AvgIpc) is 2.22. The van der Waals surface area contributed by atoms with Crippen LogP contribution in [-0.2, 0) is 4.79 Å². The first-order valence-electron chi connectivity index (χ1n) is 5.11. The van der Waals surface area contributed by atoms with E-state index in [-0.39, 0.29) is 5.78 Å². The summed E-state index contributed by atoms with van der Waals surface area (Å²) in [5, 5.41) is 8.02. The molecule has 5 heteroatoms. The Balaban J connectivity index is 2.21. The van der Waals surface area contributed by atoms with E-state index in [2.05, 4.69) is 15.2 Å². The van der Waals surface area contributed by atoms with Crippen LogP contribution in [0.5, 0.6) is 0 Å². The Morgan fingerprint density at radius 3 is 2.67 bits per heavy atom. The number of hydrogen-bond donors (Lipinski definition) is 0. The van der Waals surface area contributed by atoms with Gasteiger partial charge in [-0.25, -0.2) is 4.98 Å². The Morgan fingerprint density at radius 1 is 1.20 bits per heavy atom. The van der Waals surface area contributed by atoms with Crippen LogP contribution in [0.2, 0.25) is 0 Å². The highest BCUT2D eigenvalue weighted by molar-refractivity contribution is 5.84. The molecule has 0 N–H and O–H groups in total. The fraction of sp³-hybridized carbons (Fsp3) is 0.600. The average molecular weight is 206 g/mol. The second kappa shape index (κ2) is 3.92. The molecule has 80 valence electrons. The van der Waals surface area contributed by atoms with Gasteiger partial charge in [-0.2, -0.15) is 5.10 Å². The summed E-state index contributed by atoms with van der Waals surface area (Å²) in [5.41, 5.74) is 1.71. The van der Waals surface area contributed by atoms with Crippen molar-refractivity contribution >= 4 is 11.7 Å². The van der Waals surface area contributed by atoms with Gasteiger partial charge in [0.15, 0.2) is 5.78 Å². The van der Waals surface area contributed by atoms with Gasteiger partial charge in [-0.15, -0.1) is 5.10 Å². The van der Waals surface area contributed by atoms with E-state index >= 15 is 0 Å². The van der Waals surface area contributed by atoms with Crippen molar-refractivity contribution in [1.82, 2.24) is 15.2 Å². The van der Waals surface area contributed by atoms with Gasteiger partial charge in [0, 0.05) is 13.0 Å². The molecule has 0 radical (unpaired) electrons. The lowest BCUT2D eigenvalue weighted by Crippen LogP contribution is -2.37. The van der Waals surface area contributed by atoms with Gasteiger partial charge in [-0.05, 0) is 20.3 Å². The SMILES string of the molecule is Cc1nnc(N2CCCC(=O)C2)nc1C. The fourth-order valence-electron chi connectivity index (χ4n) is 1.59. The first-order valence-corrected chi connectivity index (χ1v) is 5.11. The normalized spacial score (nSPS) is 16.9. The van der Waals surface area contributed by atoms with Crippen LogP contribution in [0.25, 0.3) is 0 Å². The van der Waals surface area contributed by atoms with Gasteiger partial charge in [0.2, 0.25) is 5.95 Å². The fourth-order valence-corrected chi connectivity index (χ4v) is 1.59. The van der Waals surface area contributed by atoms with Crippen LogP contribution in [0.4, 0.5) is 5.95 Å². The van der Waals surface area contributed by atoms with Gasteiger partial charge >= 0.3 is 0 Å². The molecule has 0 aliphatic carbocycles. The zero-order valence-corrected chi connectivity index (χ0v) is 9.03. The number of aromatic nitrogens is 3. The van der Waals surface area contributed by atoms with Crippen LogP contribution in [0.1, 0.15) is 24.2 Å². The van der Waals surface area contributed by atoms with Crippen LogP contribution >= 0.6 is 0 Å². The second-order valence-corrected chi connectivity index (χ2v) is 3.85. The highest BCUT2D eigenvalue weighted by Crippen LogP contribution is 2.13. The smallest absolute Gasteiger partial charge is 0.245 e. The molecule has 1 aliphatic heterocycles. The minimum Gasteiger partial charge on any atom is -0.332 e. The van der Waals surface area contributed by atoms with Crippen molar-refractivity contribution in [2.45, 2.75) is 26.7 Å². The number of anilines is 1. The van der Waals surface area contributed by atoms with E-state index in [9.17, 15) is 4.79 Å². The number of rotatable bonds is 1. The van der Waals surface area contributed by atoms with E-state index in [0.717, 1.165) is 24.4 Å². The van der Waals surface area contributed by atoms with Crippen LogP contribution in [0, 0.1) is 13.8 Å². The van der Waals surface area contributed by atoms with E-state index in [4.69, 9.17) is 0 Å². The molecule has 1 aromatic rings.